The monoisotopic (exact) mass is 125 g/mol. The quantitative estimate of drug-likeness (QED) is 0.432. The fourth-order valence-electron chi connectivity index (χ4n) is 0.374. The minimum atomic E-state index is -2.80. The SMILES string of the molecule is OS1(O)NCCO1. The largest absolute Gasteiger partial charge is 0.296 e. The normalized spacial score (nSPS) is 32.9. The Morgan fingerprint density at radius 3 is 2.43 bits per heavy atom. The van der Waals surface area contributed by atoms with Crippen molar-refractivity contribution >= 4 is 11.1 Å². The van der Waals surface area contributed by atoms with E-state index in [0.717, 1.165) is 0 Å². The second-order valence-corrected chi connectivity index (χ2v) is 2.73. The van der Waals surface area contributed by atoms with Gasteiger partial charge in [-0.3, -0.25) is 13.3 Å². The van der Waals surface area contributed by atoms with Crippen molar-refractivity contribution in [2.75, 3.05) is 13.2 Å². The van der Waals surface area contributed by atoms with Gasteiger partial charge in [-0.1, -0.05) is 0 Å². The highest BCUT2D eigenvalue weighted by atomic mass is 32.3. The van der Waals surface area contributed by atoms with E-state index in [1.54, 1.807) is 0 Å². The fraction of sp³-hybridized carbons (Fsp3) is 1.00. The molecule has 0 radical (unpaired) electrons. The predicted octanol–water partition coefficient (Wildman–Crippen LogP) is 0.187. The lowest BCUT2D eigenvalue weighted by Gasteiger charge is -2.16. The molecule has 0 saturated carbocycles. The third-order valence-corrected chi connectivity index (χ3v) is 1.72. The third-order valence-electron chi connectivity index (χ3n) is 0.640. The topological polar surface area (TPSA) is 61.7 Å². The average molecular weight is 125 g/mol. The van der Waals surface area contributed by atoms with E-state index in [1.165, 1.54) is 0 Å². The van der Waals surface area contributed by atoms with Crippen LogP contribution < -0.4 is 4.72 Å². The summed E-state index contributed by atoms with van der Waals surface area (Å²) in [5.74, 6) is 0. The Balaban J connectivity index is 2.40. The van der Waals surface area contributed by atoms with Crippen LogP contribution in [0.4, 0.5) is 0 Å². The van der Waals surface area contributed by atoms with Gasteiger partial charge < -0.3 is 0 Å². The van der Waals surface area contributed by atoms with E-state index in [1.807, 2.05) is 0 Å². The molecule has 0 spiro atoms. The first-order valence-corrected chi connectivity index (χ1v) is 3.35. The Kier molecular flexibility index (Phi) is 1.22. The van der Waals surface area contributed by atoms with Crippen LogP contribution in [0.25, 0.3) is 0 Å². The molecule has 0 aromatic heterocycles. The fourth-order valence-corrected chi connectivity index (χ4v) is 1.12. The molecular weight excluding hydrogens is 118 g/mol. The number of nitrogens with one attached hydrogen (secondary N) is 1. The van der Waals surface area contributed by atoms with Crippen LogP contribution in [0.2, 0.25) is 0 Å². The zero-order chi connectivity index (χ0) is 5.33. The lowest BCUT2D eigenvalue weighted by atomic mass is 10.8. The molecule has 3 N–H and O–H groups in total. The molecule has 4 nitrogen and oxygen atoms in total. The zero-order valence-electron chi connectivity index (χ0n) is 3.63. The van der Waals surface area contributed by atoms with Crippen molar-refractivity contribution in [2.45, 2.75) is 0 Å². The van der Waals surface area contributed by atoms with Crippen LogP contribution in [0.3, 0.4) is 0 Å². The second-order valence-electron chi connectivity index (χ2n) is 1.21. The van der Waals surface area contributed by atoms with E-state index in [-0.39, 0.29) is 0 Å². The van der Waals surface area contributed by atoms with E-state index >= 15 is 0 Å². The molecule has 1 aliphatic heterocycles. The van der Waals surface area contributed by atoms with Gasteiger partial charge in [0, 0.05) is 6.54 Å². The summed E-state index contributed by atoms with van der Waals surface area (Å²) in [5.41, 5.74) is 0. The molecule has 1 aliphatic rings. The summed E-state index contributed by atoms with van der Waals surface area (Å²) in [6.07, 6.45) is 0. The first-order chi connectivity index (χ1) is 3.21. The average Bonchev–Trinajstić information content (AvgIpc) is 1.84. The van der Waals surface area contributed by atoms with E-state index in [2.05, 4.69) is 8.91 Å². The van der Waals surface area contributed by atoms with Gasteiger partial charge in [0.15, 0.2) is 11.1 Å². The highest BCUT2D eigenvalue weighted by Gasteiger charge is 2.21. The molecule has 0 unspecified atom stereocenters. The molecule has 0 aromatic rings. The van der Waals surface area contributed by atoms with Gasteiger partial charge in [0.05, 0.1) is 6.61 Å². The molecule has 1 saturated heterocycles. The van der Waals surface area contributed by atoms with E-state index in [4.69, 9.17) is 9.11 Å². The summed E-state index contributed by atoms with van der Waals surface area (Å²) >= 11 is -2.80. The van der Waals surface area contributed by atoms with Crippen LogP contribution in [0, 0.1) is 0 Å². The Bertz CT molecular complexity index is 67.3. The highest BCUT2D eigenvalue weighted by Crippen LogP contribution is 2.37. The van der Waals surface area contributed by atoms with Crippen molar-refractivity contribution in [2.24, 2.45) is 0 Å². The van der Waals surface area contributed by atoms with Crippen LogP contribution in [0.5, 0.6) is 0 Å². The maximum absolute atomic E-state index is 8.50. The first-order valence-electron chi connectivity index (χ1n) is 1.88. The van der Waals surface area contributed by atoms with Crippen LogP contribution in [0.1, 0.15) is 0 Å². The Labute approximate surface area is 43.2 Å². The third kappa shape index (κ3) is 1.29. The van der Waals surface area contributed by atoms with Crippen molar-refractivity contribution in [3.8, 4) is 0 Å². The molecule has 5 heteroatoms. The van der Waals surface area contributed by atoms with Crippen molar-refractivity contribution in [3.05, 3.63) is 0 Å². The lowest BCUT2D eigenvalue weighted by molar-refractivity contribution is 0.302. The first kappa shape index (κ1) is 5.33. The highest BCUT2D eigenvalue weighted by molar-refractivity contribution is 8.18. The summed E-state index contributed by atoms with van der Waals surface area (Å²) in [6.45, 7) is 0.921. The Hall–Kier alpha value is 0.190. The summed E-state index contributed by atoms with van der Waals surface area (Å²) in [7, 11) is 0. The molecule has 0 amide bonds. The Morgan fingerprint density at radius 2 is 2.29 bits per heavy atom. The maximum Gasteiger partial charge on any atom is 0.155 e. The van der Waals surface area contributed by atoms with Crippen molar-refractivity contribution in [1.82, 2.24) is 4.72 Å². The molecule has 1 heterocycles. The molecule has 0 aliphatic carbocycles. The second kappa shape index (κ2) is 1.61. The summed E-state index contributed by atoms with van der Waals surface area (Å²) in [6, 6.07) is 0. The molecular formula is C2H7NO3S. The van der Waals surface area contributed by atoms with Crippen molar-refractivity contribution in [1.29, 1.82) is 0 Å². The molecule has 1 rings (SSSR count). The number of rotatable bonds is 0. The molecule has 7 heavy (non-hydrogen) atoms. The van der Waals surface area contributed by atoms with E-state index < -0.39 is 11.1 Å². The van der Waals surface area contributed by atoms with Gasteiger partial charge in [-0.2, -0.15) is 0 Å². The summed E-state index contributed by atoms with van der Waals surface area (Å²) < 4.78 is 23.8. The molecule has 0 bridgehead atoms. The zero-order valence-corrected chi connectivity index (χ0v) is 4.44. The van der Waals surface area contributed by atoms with Gasteiger partial charge in [-0.25, -0.2) is 4.72 Å². The minimum Gasteiger partial charge on any atom is -0.296 e. The van der Waals surface area contributed by atoms with E-state index in [9.17, 15) is 0 Å². The molecule has 0 atom stereocenters. The summed E-state index contributed by atoms with van der Waals surface area (Å²) in [4.78, 5) is 0. The van der Waals surface area contributed by atoms with Crippen LogP contribution in [-0.2, 0) is 4.18 Å². The Morgan fingerprint density at radius 1 is 1.57 bits per heavy atom. The van der Waals surface area contributed by atoms with Crippen molar-refractivity contribution in [3.63, 3.8) is 0 Å². The van der Waals surface area contributed by atoms with Crippen LogP contribution in [0.15, 0.2) is 0 Å². The smallest absolute Gasteiger partial charge is 0.155 e. The number of hydrogen-bond acceptors (Lipinski definition) is 4. The van der Waals surface area contributed by atoms with E-state index in [0.29, 0.717) is 13.2 Å². The summed E-state index contributed by atoms with van der Waals surface area (Å²) in [5, 5.41) is 0. The van der Waals surface area contributed by atoms with Crippen LogP contribution in [-0.4, -0.2) is 22.3 Å². The number of hydrogen-bond donors (Lipinski definition) is 3. The van der Waals surface area contributed by atoms with Gasteiger partial charge in [-0.15, -0.1) is 0 Å². The van der Waals surface area contributed by atoms with Gasteiger partial charge in [0.2, 0.25) is 0 Å². The standard InChI is InChI=1S/C2H7NO3S/c4-7(5)3-1-2-6-7/h3-5H,1-2H2. The van der Waals surface area contributed by atoms with Crippen LogP contribution >= 0.6 is 11.1 Å². The van der Waals surface area contributed by atoms with Gasteiger partial charge in [0.1, 0.15) is 0 Å². The lowest BCUT2D eigenvalue weighted by Crippen LogP contribution is -2.11. The van der Waals surface area contributed by atoms with Gasteiger partial charge in [-0.05, 0) is 0 Å². The van der Waals surface area contributed by atoms with Gasteiger partial charge >= 0.3 is 0 Å². The molecule has 1 fully saturated rings. The predicted molar refractivity (Wildman–Crippen MR) is 26.8 cm³/mol. The minimum absolute atomic E-state index is 0.391. The van der Waals surface area contributed by atoms with Gasteiger partial charge in [0.25, 0.3) is 0 Å². The molecule has 44 valence electrons. The molecule has 0 aromatic carbocycles. The maximum atomic E-state index is 8.50. The van der Waals surface area contributed by atoms with Crippen molar-refractivity contribution < 1.29 is 13.3 Å².